The van der Waals surface area contributed by atoms with Gasteiger partial charge < -0.3 is 15.2 Å². The van der Waals surface area contributed by atoms with Gasteiger partial charge in [-0.25, -0.2) is 4.79 Å². The molecule has 0 spiro atoms. The Morgan fingerprint density at radius 1 is 1.10 bits per heavy atom. The number of H-pyrrole nitrogens is 1. The van der Waals surface area contributed by atoms with Gasteiger partial charge in [0, 0.05) is 23.7 Å². The number of nitrogens with zero attached hydrogens (tertiary/aromatic N) is 1. The topological polar surface area (TPSA) is 65.2 Å². The molecule has 1 heterocycles. The minimum Gasteiger partial charge on any atom is -0.334 e. The Kier molecular flexibility index (Phi) is 5.65. The van der Waals surface area contributed by atoms with E-state index in [0.717, 1.165) is 47.7 Å². The Balaban J connectivity index is 1.56. The molecule has 5 heteroatoms. The summed E-state index contributed by atoms with van der Waals surface area (Å²) in [5.74, 6) is 0. The van der Waals surface area contributed by atoms with Crippen molar-refractivity contribution in [2.45, 2.75) is 51.7 Å². The third kappa shape index (κ3) is 4.50. The van der Waals surface area contributed by atoms with Crippen LogP contribution >= 0.6 is 0 Å². The normalized spacial score (nSPS) is 14.2. The van der Waals surface area contributed by atoms with E-state index < -0.39 is 0 Å². The Bertz CT molecular complexity index is 1050. The van der Waals surface area contributed by atoms with Crippen LogP contribution in [0.3, 0.4) is 0 Å². The number of aromatic amines is 1. The van der Waals surface area contributed by atoms with E-state index in [4.69, 9.17) is 0 Å². The molecule has 2 amide bonds. The highest BCUT2D eigenvalue weighted by Gasteiger charge is 2.27. The smallest absolute Gasteiger partial charge is 0.318 e. The van der Waals surface area contributed by atoms with Gasteiger partial charge in [-0.3, -0.25) is 4.79 Å². The minimum atomic E-state index is -0.123. The predicted molar refractivity (Wildman–Crippen MR) is 116 cm³/mol. The maximum absolute atomic E-state index is 13.0. The molecule has 1 fully saturated rings. The van der Waals surface area contributed by atoms with E-state index in [9.17, 15) is 9.59 Å². The van der Waals surface area contributed by atoms with Gasteiger partial charge in [0.15, 0.2) is 0 Å². The van der Waals surface area contributed by atoms with Crippen molar-refractivity contribution < 1.29 is 4.79 Å². The van der Waals surface area contributed by atoms with Crippen LogP contribution in [0.5, 0.6) is 0 Å². The van der Waals surface area contributed by atoms with Crippen LogP contribution in [0.15, 0.2) is 59.4 Å². The molecule has 1 aliphatic carbocycles. The summed E-state index contributed by atoms with van der Waals surface area (Å²) in [4.78, 5) is 30.5. The summed E-state index contributed by atoms with van der Waals surface area (Å²) >= 11 is 0. The van der Waals surface area contributed by atoms with Gasteiger partial charge in [-0.15, -0.1) is 0 Å². The number of rotatable bonds is 5. The lowest BCUT2D eigenvalue weighted by molar-refractivity contribution is 0.170. The summed E-state index contributed by atoms with van der Waals surface area (Å²) in [5, 5.41) is 4.02. The lowest BCUT2D eigenvalue weighted by atomic mass is 10.1. The fourth-order valence-electron chi connectivity index (χ4n) is 4.12. The predicted octanol–water partition coefficient (Wildman–Crippen LogP) is 4.49. The minimum absolute atomic E-state index is 0.107. The Morgan fingerprint density at radius 3 is 2.62 bits per heavy atom. The number of benzene rings is 2. The van der Waals surface area contributed by atoms with E-state index in [1.165, 1.54) is 0 Å². The number of urea groups is 1. The standard InChI is InChI=1S/C24H27N3O2/c1-17-11-12-19-14-20(23(28)26-22(19)13-17)16-27(21-9-5-6-10-21)24(29)25-15-18-7-3-2-4-8-18/h2-4,7-8,11-14,21H,5-6,9-10,15-16H2,1H3,(H,25,29)(H,26,28). The third-order valence-corrected chi connectivity index (χ3v) is 5.73. The van der Waals surface area contributed by atoms with Crippen LogP contribution in [-0.4, -0.2) is 22.0 Å². The number of pyridine rings is 1. The molecule has 29 heavy (non-hydrogen) atoms. The van der Waals surface area contributed by atoms with Crippen LogP contribution < -0.4 is 10.9 Å². The number of aromatic nitrogens is 1. The van der Waals surface area contributed by atoms with Gasteiger partial charge in [-0.05, 0) is 48.4 Å². The molecule has 150 valence electrons. The van der Waals surface area contributed by atoms with E-state index in [0.29, 0.717) is 18.7 Å². The molecule has 0 saturated heterocycles. The summed E-state index contributed by atoms with van der Waals surface area (Å²) in [6.07, 6.45) is 4.23. The fourth-order valence-corrected chi connectivity index (χ4v) is 4.12. The van der Waals surface area contributed by atoms with Crippen LogP contribution in [0.4, 0.5) is 4.79 Å². The highest BCUT2D eigenvalue weighted by molar-refractivity contribution is 5.80. The Hall–Kier alpha value is -3.08. The number of amides is 2. The summed E-state index contributed by atoms with van der Waals surface area (Å²) in [5.41, 5.74) is 3.50. The molecule has 0 bridgehead atoms. The maximum Gasteiger partial charge on any atom is 0.318 e. The number of nitrogens with one attached hydrogen (secondary N) is 2. The Labute approximate surface area is 170 Å². The molecule has 5 nitrogen and oxygen atoms in total. The first-order valence-corrected chi connectivity index (χ1v) is 10.3. The molecule has 0 atom stereocenters. The quantitative estimate of drug-likeness (QED) is 0.675. The summed E-state index contributed by atoms with van der Waals surface area (Å²) < 4.78 is 0. The molecule has 4 rings (SSSR count). The zero-order valence-corrected chi connectivity index (χ0v) is 16.8. The molecule has 2 aromatic carbocycles. The van der Waals surface area contributed by atoms with Gasteiger partial charge in [0.25, 0.3) is 5.56 Å². The first kappa shape index (κ1) is 19.2. The van der Waals surface area contributed by atoms with Crippen LogP contribution in [0.25, 0.3) is 10.9 Å². The molecular formula is C24H27N3O2. The molecule has 1 aromatic heterocycles. The molecule has 2 N–H and O–H groups in total. The number of aryl methyl sites for hydroxylation is 1. The third-order valence-electron chi connectivity index (χ3n) is 5.73. The van der Waals surface area contributed by atoms with Crippen molar-refractivity contribution in [2.75, 3.05) is 0 Å². The van der Waals surface area contributed by atoms with Crippen LogP contribution in [-0.2, 0) is 13.1 Å². The summed E-state index contributed by atoms with van der Waals surface area (Å²) in [6, 6.07) is 17.9. The molecule has 0 aliphatic heterocycles. The fraction of sp³-hybridized carbons (Fsp3) is 0.333. The molecule has 0 radical (unpaired) electrons. The number of hydrogen-bond donors (Lipinski definition) is 2. The van der Waals surface area contributed by atoms with Crippen molar-refractivity contribution in [3.63, 3.8) is 0 Å². The first-order valence-electron chi connectivity index (χ1n) is 10.3. The first-order chi connectivity index (χ1) is 14.1. The number of carbonyl (C=O) groups is 1. The number of fused-ring (bicyclic) bond motifs is 1. The van der Waals surface area contributed by atoms with Crippen LogP contribution in [0.1, 0.15) is 42.4 Å². The second-order valence-corrected chi connectivity index (χ2v) is 7.92. The Morgan fingerprint density at radius 2 is 1.86 bits per heavy atom. The van der Waals surface area contributed by atoms with Gasteiger partial charge in [0.1, 0.15) is 0 Å². The maximum atomic E-state index is 13.0. The molecule has 0 unspecified atom stereocenters. The second-order valence-electron chi connectivity index (χ2n) is 7.92. The van der Waals surface area contributed by atoms with E-state index >= 15 is 0 Å². The van der Waals surface area contributed by atoms with Crippen LogP contribution in [0.2, 0.25) is 0 Å². The van der Waals surface area contributed by atoms with Gasteiger partial charge in [-0.2, -0.15) is 0 Å². The van der Waals surface area contributed by atoms with Crippen LogP contribution in [0, 0.1) is 6.92 Å². The number of hydrogen-bond acceptors (Lipinski definition) is 2. The molecule has 1 saturated carbocycles. The molecule has 1 aliphatic rings. The van der Waals surface area contributed by atoms with Crippen molar-refractivity contribution in [3.05, 3.63) is 81.6 Å². The average Bonchev–Trinajstić information content (AvgIpc) is 3.25. The van der Waals surface area contributed by atoms with Gasteiger partial charge in [-0.1, -0.05) is 55.3 Å². The largest absolute Gasteiger partial charge is 0.334 e. The summed E-state index contributed by atoms with van der Waals surface area (Å²) in [7, 11) is 0. The molecule has 3 aromatic rings. The highest BCUT2D eigenvalue weighted by atomic mass is 16.2. The van der Waals surface area contributed by atoms with Crippen molar-refractivity contribution >= 4 is 16.9 Å². The highest BCUT2D eigenvalue weighted by Crippen LogP contribution is 2.25. The zero-order valence-electron chi connectivity index (χ0n) is 16.8. The average molecular weight is 389 g/mol. The monoisotopic (exact) mass is 389 g/mol. The summed E-state index contributed by atoms with van der Waals surface area (Å²) in [6.45, 7) is 2.81. The van der Waals surface area contributed by atoms with E-state index in [2.05, 4.69) is 10.3 Å². The van der Waals surface area contributed by atoms with E-state index in [1.807, 2.05) is 66.4 Å². The van der Waals surface area contributed by atoms with E-state index in [1.54, 1.807) is 0 Å². The van der Waals surface area contributed by atoms with Crippen molar-refractivity contribution in [1.82, 2.24) is 15.2 Å². The number of carbonyl (C=O) groups excluding carboxylic acids is 1. The van der Waals surface area contributed by atoms with Gasteiger partial charge in [0.2, 0.25) is 0 Å². The lowest BCUT2D eigenvalue weighted by Gasteiger charge is -2.29. The zero-order chi connectivity index (χ0) is 20.2. The van der Waals surface area contributed by atoms with Crippen molar-refractivity contribution in [2.24, 2.45) is 0 Å². The van der Waals surface area contributed by atoms with Gasteiger partial charge >= 0.3 is 6.03 Å². The van der Waals surface area contributed by atoms with Crippen molar-refractivity contribution in [1.29, 1.82) is 0 Å². The van der Waals surface area contributed by atoms with E-state index in [-0.39, 0.29) is 17.6 Å². The SMILES string of the molecule is Cc1ccc2cc(CN(C(=O)NCc3ccccc3)C3CCCC3)c(=O)[nH]c2c1. The second kappa shape index (κ2) is 8.52. The van der Waals surface area contributed by atoms with Crippen molar-refractivity contribution in [3.8, 4) is 0 Å². The van der Waals surface area contributed by atoms with Gasteiger partial charge in [0.05, 0.1) is 6.54 Å². The lowest BCUT2D eigenvalue weighted by Crippen LogP contribution is -2.45. The molecular weight excluding hydrogens is 362 g/mol.